The molecule has 0 saturated heterocycles. The highest BCUT2D eigenvalue weighted by atomic mass is 35.5. The van der Waals surface area contributed by atoms with Crippen LogP contribution in [0.25, 0.3) is 0 Å². The highest BCUT2D eigenvalue weighted by Gasteiger charge is 2.00. The van der Waals surface area contributed by atoms with E-state index in [1.807, 2.05) is 6.07 Å². The Morgan fingerprint density at radius 1 is 1.33 bits per heavy atom. The normalized spacial score (nSPS) is 10.5. The maximum Gasteiger partial charge on any atom is 0.0544 e. The Morgan fingerprint density at radius 3 is 2.75 bits per heavy atom. The average Bonchev–Trinajstić information content (AvgIpc) is 2.46. The van der Waals surface area contributed by atoms with Crippen LogP contribution < -0.4 is 0 Å². The van der Waals surface area contributed by atoms with Crippen molar-refractivity contribution in [2.45, 2.75) is 32.1 Å². The van der Waals surface area contributed by atoms with Crippen LogP contribution in [0.4, 0.5) is 0 Å². The molecule has 0 fully saturated rings. The van der Waals surface area contributed by atoms with Crippen molar-refractivity contribution in [1.82, 2.24) is 0 Å². The van der Waals surface area contributed by atoms with Crippen molar-refractivity contribution >= 4 is 22.9 Å². The number of unbranched alkanes of at least 4 members (excludes halogenated alkanes) is 3. The second-order valence-corrected chi connectivity index (χ2v) is 4.26. The Labute approximate surface area is 83.6 Å². The van der Waals surface area contributed by atoms with Crippen molar-refractivity contribution in [2.24, 2.45) is 0 Å². The highest BCUT2D eigenvalue weighted by Crippen LogP contribution is 2.23. The van der Waals surface area contributed by atoms with Gasteiger partial charge in [0.2, 0.25) is 0 Å². The molecule has 0 amide bonds. The van der Waals surface area contributed by atoms with Gasteiger partial charge in [-0.05, 0) is 24.3 Å². The molecular formula is C10H14ClS. The molecule has 0 N–H and O–H groups in total. The molecule has 1 aromatic rings. The van der Waals surface area contributed by atoms with Crippen LogP contribution in [-0.4, -0.2) is 0 Å². The monoisotopic (exact) mass is 201 g/mol. The summed E-state index contributed by atoms with van der Waals surface area (Å²) in [7, 11) is 0. The third-order valence-electron chi connectivity index (χ3n) is 1.84. The lowest BCUT2D eigenvalue weighted by atomic mass is 10.1. The van der Waals surface area contributed by atoms with Gasteiger partial charge in [0.1, 0.15) is 0 Å². The quantitative estimate of drug-likeness (QED) is 0.622. The van der Waals surface area contributed by atoms with Crippen LogP contribution in [0.1, 0.15) is 30.6 Å². The Hall–Kier alpha value is -0.0100. The molecule has 12 heavy (non-hydrogen) atoms. The summed E-state index contributed by atoms with van der Waals surface area (Å²) < 4.78 is 0. The molecule has 0 nitrogen and oxygen atoms in total. The zero-order chi connectivity index (χ0) is 8.81. The van der Waals surface area contributed by atoms with Gasteiger partial charge < -0.3 is 0 Å². The van der Waals surface area contributed by atoms with E-state index in [1.165, 1.54) is 24.1 Å². The third kappa shape index (κ3) is 3.16. The molecule has 0 atom stereocenters. The predicted octanol–water partition coefficient (Wildman–Crippen LogP) is 4.34. The standard InChI is InChI=1S/C10H14ClS/c1-2-3-4-5-6-10-9(11)7-8-12-10/h7-8H,1-6H2. The predicted molar refractivity (Wildman–Crippen MR) is 56.9 cm³/mol. The molecule has 0 aliphatic heterocycles. The minimum absolute atomic E-state index is 0.939. The van der Waals surface area contributed by atoms with Crippen molar-refractivity contribution in [3.63, 3.8) is 0 Å². The minimum atomic E-state index is 0.939. The van der Waals surface area contributed by atoms with Gasteiger partial charge >= 0.3 is 0 Å². The summed E-state index contributed by atoms with van der Waals surface area (Å²) >= 11 is 7.71. The van der Waals surface area contributed by atoms with Gasteiger partial charge in [0.25, 0.3) is 0 Å². The Bertz CT molecular complexity index is 217. The smallest absolute Gasteiger partial charge is 0.0544 e. The van der Waals surface area contributed by atoms with Crippen LogP contribution in [0.2, 0.25) is 5.02 Å². The summed E-state index contributed by atoms with van der Waals surface area (Å²) in [6.45, 7) is 3.81. The number of halogens is 1. The van der Waals surface area contributed by atoms with Gasteiger partial charge in [-0.3, -0.25) is 0 Å². The molecule has 0 saturated carbocycles. The molecule has 1 aromatic heterocycles. The van der Waals surface area contributed by atoms with E-state index < -0.39 is 0 Å². The molecule has 0 bridgehead atoms. The topological polar surface area (TPSA) is 0 Å². The van der Waals surface area contributed by atoms with E-state index in [9.17, 15) is 0 Å². The summed E-state index contributed by atoms with van der Waals surface area (Å²) in [6.07, 6.45) is 5.95. The van der Waals surface area contributed by atoms with E-state index >= 15 is 0 Å². The third-order valence-corrected chi connectivity index (χ3v) is 3.29. The van der Waals surface area contributed by atoms with Crippen LogP contribution in [0, 0.1) is 6.92 Å². The highest BCUT2D eigenvalue weighted by molar-refractivity contribution is 7.10. The van der Waals surface area contributed by atoms with E-state index in [0.29, 0.717) is 0 Å². The van der Waals surface area contributed by atoms with Crippen molar-refractivity contribution in [3.05, 3.63) is 28.3 Å². The van der Waals surface area contributed by atoms with Gasteiger partial charge in [0.15, 0.2) is 0 Å². The van der Waals surface area contributed by atoms with Crippen LogP contribution in [0.3, 0.4) is 0 Å². The molecule has 1 heterocycles. The molecule has 0 aromatic carbocycles. The summed E-state index contributed by atoms with van der Waals surface area (Å²) in [5.74, 6) is 0. The van der Waals surface area contributed by atoms with E-state index in [-0.39, 0.29) is 0 Å². The van der Waals surface area contributed by atoms with Crippen LogP contribution in [0.5, 0.6) is 0 Å². The zero-order valence-corrected chi connectivity index (χ0v) is 8.76. The first-order valence-electron chi connectivity index (χ1n) is 4.35. The lowest BCUT2D eigenvalue weighted by Gasteiger charge is -1.97. The zero-order valence-electron chi connectivity index (χ0n) is 7.18. The number of thiophene rings is 1. The fraction of sp³-hybridized carbons (Fsp3) is 0.500. The van der Waals surface area contributed by atoms with Crippen molar-refractivity contribution < 1.29 is 0 Å². The number of rotatable bonds is 5. The van der Waals surface area contributed by atoms with Crippen LogP contribution in [-0.2, 0) is 6.42 Å². The first-order chi connectivity index (χ1) is 5.84. The molecular weight excluding hydrogens is 188 g/mol. The molecule has 1 radical (unpaired) electrons. The molecule has 2 heteroatoms. The van der Waals surface area contributed by atoms with Gasteiger partial charge in [0.05, 0.1) is 5.02 Å². The lowest BCUT2D eigenvalue weighted by molar-refractivity contribution is 0.690. The minimum Gasteiger partial charge on any atom is -0.147 e. The van der Waals surface area contributed by atoms with Crippen molar-refractivity contribution in [2.75, 3.05) is 0 Å². The van der Waals surface area contributed by atoms with E-state index in [4.69, 9.17) is 11.6 Å². The first kappa shape index (κ1) is 10.1. The molecule has 1 rings (SSSR count). The molecule has 0 aliphatic carbocycles. The molecule has 67 valence electrons. The summed E-state index contributed by atoms with van der Waals surface area (Å²) in [4.78, 5) is 1.33. The van der Waals surface area contributed by atoms with Gasteiger partial charge in [-0.1, -0.05) is 37.8 Å². The maximum atomic E-state index is 5.95. The number of aryl methyl sites for hydroxylation is 1. The number of hydrogen-bond donors (Lipinski definition) is 0. The van der Waals surface area contributed by atoms with Gasteiger partial charge in [-0.2, -0.15) is 0 Å². The Morgan fingerprint density at radius 2 is 2.17 bits per heavy atom. The van der Waals surface area contributed by atoms with Crippen LogP contribution >= 0.6 is 22.9 Å². The van der Waals surface area contributed by atoms with Crippen molar-refractivity contribution in [3.8, 4) is 0 Å². The summed E-state index contributed by atoms with van der Waals surface area (Å²) in [5.41, 5.74) is 0. The van der Waals surface area contributed by atoms with Crippen LogP contribution in [0.15, 0.2) is 11.4 Å². The maximum absolute atomic E-state index is 5.95. The SMILES string of the molecule is [CH2]CCCCCc1sccc1Cl. The van der Waals surface area contributed by atoms with Gasteiger partial charge in [0, 0.05) is 4.88 Å². The fourth-order valence-electron chi connectivity index (χ4n) is 1.14. The average molecular weight is 202 g/mol. The molecule has 0 spiro atoms. The fourth-order valence-corrected chi connectivity index (χ4v) is 2.32. The number of hydrogen-bond acceptors (Lipinski definition) is 1. The van der Waals surface area contributed by atoms with Gasteiger partial charge in [-0.15, -0.1) is 11.3 Å². The first-order valence-corrected chi connectivity index (χ1v) is 5.61. The largest absolute Gasteiger partial charge is 0.147 e. The van der Waals surface area contributed by atoms with Crippen molar-refractivity contribution in [1.29, 1.82) is 0 Å². The summed E-state index contributed by atoms with van der Waals surface area (Å²) in [5, 5.41) is 2.99. The lowest BCUT2D eigenvalue weighted by Crippen LogP contribution is -1.81. The van der Waals surface area contributed by atoms with Gasteiger partial charge in [-0.25, -0.2) is 0 Å². The van der Waals surface area contributed by atoms with E-state index in [0.717, 1.165) is 17.9 Å². The summed E-state index contributed by atoms with van der Waals surface area (Å²) in [6, 6.07) is 1.98. The molecule has 0 unspecified atom stereocenters. The van der Waals surface area contributed by atoms with E-state index in [1.54, 1.807) is 11.3 Å². The molecule has 0 aliphatic rings. The second-order valence-electron chi connectivity index (χ2n) is 2.86. The Kier molecular flexibility index (Phi) is 4.70. The van der Waals surface area contributed by atoms with E-state index in [2.05, 4.69) is 12.3 Å². The Balaban J connectivity index is 2.20. The second kappa shape index (κ2) is 5.60.